The Balaban J connectivity index is 1.46. The number of aryl methyl sites for hydroxylation is 1. The number of amides is 1. The Hall–Kier alpha value is -3.38. The predicted molar refractivity (Wildman–Crippen MR) is 111 cm³/mol. The first-order valence-corrected chi connectivity index (χ1v) is 9.13. The summed E-state index contributed by atoms with van der Waals surface area (Å²) in [6.07, 6.45) is 2.12. The maximum atomic E-state index is 12.3. The van der Waals surface area contributed by atoms with E-state index < -0.39 is 0 Å². The smallest absolute Gasteiger partial charge is 0.240 e. The summed E-state index contributed by atoms with van der Waals surface area (Å²) in [4.78, 5) is 16.5. The van der Waals surface area contributed by atoms with Gasteiger partial charge in [-0.2, -0.15) is 4.98 Å². The summed E-state index contributed by atoms with van der Waals surface area (Å²) in [5.74, 6) is 0.171. The van der Waals surface area contributed by atoms with Gasteiger partial charge in [0, 0.05) is 16.9 Å². The second kappa shape index (κ2) is 7.32. The SMILES string of the molecule is Cc1cc(NC(=O)Cc2ccc(-c3ccn4nc(N)nc4c3)cc2)ccc1Cl. The number of halogens is 1. The summed E-state index contributed by atoms with van der Waals surface area (Å²) >= 11 is 6.02. The van der Waals surface area contributed by atoms with Crippen LogP contribution in [0.15, 0.2) is 60.8 Å². The number of anilines is 2. The second-order valence-electron chi connectivity index (χ2n) is 6.57. The number of fused-ring (bicyclic) bond motifs is 1. The van der Waals surface area contributed by atoms with Crippen LogP contribution in [0.1, 0.15) is 11.1 Å². The summed E-state index contributed by atoms with van der Waals surface area (Å²) in [6.45, 7) is 1.90. The van der Waals surface area contributed by atoms with Gasteiger partial charge in [0.05, 0.1) is 6.42 Å². The molecule has 0 fully saturated rings. The highest BCUT2D eigenvalue weighted by Crippen LogP contribution is 2.22. The lowest BCUT2D eigenvalue weighted by atomic mass is 10.0. The quantitative estimate of drug-likeness (QED) is 0.548. The minimum atomic E-state index is -0.0742. The second-order valence-corrected chi connectivity index (χ2v) is 6.98. The first kappa shape index (κ1) is 18.0. The Morgan fingerprint density at radius 2 is 1.89 bits per heavy atom. The van der Waals surface area contributed by atoms with Gasteiger partial charge in [-0.25, -0.2) is 4.52 Å². The molecule has 2 heterocycles. The van der Waals surface area contributed by atoms with Crippen molar-refractivity contribution in [1.29, 1.82) is 0 Å². The van der Waals surface area contributed by atoms with Crippen molar-refractivity contribution in [3.8, 4) is 11.1 Å². The van der Waals surface area contributed by atoms with Gasteiger partial charge < -0.3 is 11.1 Å². The number of nitrogens with two attached hydrogens (primary N) is 1. The summed E-state index contributed by atoms with van der Waals surface area (Å²) < 4.78 is 1.63. The van der Waals surface area contributed by atoms with Crippen LogP contribution in [0.3, 0.4) is 0 Å². The molecular formula is C21H18ClN5O. The third kappa shape index (κ3) is 3.82. The Bertz CT molecular complexity index is 1170. The van der Waals surface area contributed by atoms with Crippen LogP contribution in [0.2, 0.25) is 5.02 Å². The molecule has 4 aromatic rings. The van der Waals surface area contributed by atoms with Gasteiger partial charge in [0.15, 0.2) is 5.65 Å². The van der Waals surface area contributed by atoms with Crippen molar-refractivity contribution < 1.29 is 4.79 Å². The lowest BCUT2D eigenvalue weighted by molar-refractivity contribution is -0.115. The number of pyridine rings is 1. The number of rotatable bonds is 4. The van der Waals surface area contributed by atoms with Crippen LogP contribution in [0.25, 0.3) is 16.8 Å². The average molecular weight is 392 g/mol. The zero-order valence-corrected chi connectivity index (χ0v) is 15.9. The number of carbonyl (C=O) groups excluding carboxylic acids is 1. The minimum Gasteiger partial charge on any atom is -0.366 e. The van der Waals surface area contributed by atoms with Crippen molar-refractivity contribution in [3.63, 3.8) is 0 Å². The van der Waals surface area contributed by atoms with E-state index in [9.17, 15) is 4.79 Å². The van der Waals surface area contributed by atoms with Crippen molar-refractivity contribution in [2.24, 2.45) is 0 Å². The number of hydrogen-bond acceptors (Lipinski definition) is 4. The molecule has 0 saturated heterocycles. The van der Waals surface area contributed by atoms with E-state index in [2.05, 4.69) is 15.4 Å². The van der Waals surface area contributed by atoms with Crippen LogP contribution in [0.4, 0.5) is 11.6 Å². The number of nitrogen functional groups attached to an aromatic ring is 1. The summed E-state index contributed by atoms with van der Waals surface area (Å²) in [5, 5.41) is 7.65. The molecule has 0 aliphatic carbocycles. The number of carbonyl (C=O) groups is 1. The molecule has 140 valence electrons. The van der Waals surface area contributed by atoms with Crippen LogP contribution in [-0.4, -0.2) is 20.5 Å². The molecule has 0 aliphatic rings. The Morgan fingerprint density at radius 3 is 2.64 bits per heavy atom. The summed E-state index contributed by atoms with van der Waals surface area (Å²) in [6, 6.07) is 17.2. The molecule has 7 heteroatoms. The normalized spacial score (nSPS) is 10.9. The molecule has 1 amide bonds. The van der Waals surface area contributed by atoms with Crippen molar-refractivity contribution in [2.45, 2.75) is 13.3 Å². The van der Waals surface area contributed by atoms with E-state index in [4.69, 9.17) is 17.3 Å². The predicted octanol–water partition coefficient (Wildman–Crippen LogP) is 4.12. The van der Waals surface area contributed by atoms with Crippen LogP contribution in [0, 0.1) is 6.92 Å². The fourth-order valence-corrected chi connectivity index (χ4v) is 3.12. The standard InChI is InChI=1S/C21H18ClN5O/c1-13-10-17(6-7-18(13)22)24-20(28)11-14-2-4-15(5-3-14)16-8-9-27-19(12-16)25-21(23)26-27/h2-10,12H,11H2,1H3,(H2,23,26)(H,24,28). The molecule has 0 saturated carbocycles. The molecule has 0 atom stereocenters. The molecule has 0 radical (unpaired) electrons. The van der Waals surface area contributed by atoms with E-state index in [-0.39, 0.29) is 11.9 Å². The van der Waals surface area contributed by atoms with E-state index >= 15 is 0 Å². The minimum absolute atomic E-state index is 0.0742. The number of aromatic nitrogens is 3. The highest BCUT2D eigenvalue weighted by atomic mass is 35.5. The van der Waals surface area contributed by atoms with Gasteiger partial charge in [-0.1, -0.05) is 35.9 Å². The largest absolute Gasteiger partial charge is 0.366 e. The van der Waals surface area contributed by atoms with Gasteiger partial charge >= 0.3 is 0 Å². The molecule has 0 unspecified atom stereocenters. The van der Waals surface area contributed by atoms with Gasteiger partial charge in [-0.05, 0) is 59.5 Å². The number of nitrogens with zero attached hydrogens (tertiary/aromatic N) is 3. The molecule has 0 bridgehead atoms. The third-order valence-corrected chi connectivity index (χ3v) is 4.87. The van der Waals surface area contributed by atoms with Gasteiger partial charge in [0.2, 0.25) is 11.9 Å². The third-order valence-electron chi connectivity index (χ3n) is 4.45. The fraction of sp³-hybridized carbons (Fsp3) is 0.0952. The molecule has 6 nitrogen and oxygen atoms in total. The van der Waals surface area contributed by atoms with Crippen molar-refractivity contribution in [1.82, 2.24) is 14.6 Å². The molecular weight excluding hydrogens is 374 g/mol. The number of hydrogen-bond donors (Lipinski definition) is 2. The molecule has 0 spiro atoms. The van der Waals surface area contributed by atoms with Crippen LogP contribution in [-0.2, 0) is 11.2 Å². The zero-order valence-electron chi connectivity index (χ0n) is 15.2. The Labute approximate surface area is 167 Å². The molecule has 28 heavy (non-hydrogen) atoms. The van der Waals surface area contributed by atoms with E-state index in [1.54, 1.807) is 16.6 Å². The van der Waals surface area contributed by atoms with E-state index in [0.29, 0.717) is 17.1 Å². The van der Waals surface area contributed by atoms with Gasteiger partial charge in [0.1, 0.15) is 0 Å². The first-order valence-electron chi connectivity index (χ1n) is 8.75. The summed E-state index contributed by atoms with van der Waals surface area (Å²) in [7, 11) is 0. The highest BCUT2D eigenvalue weighted by Gasteiger charge is 2.07. The lowest BCUT2D eigenvalue weighted by Crippen LogP contribution is -2.14. The van der Waals surface area contributed by atoms with Crippen molar-refractivity contribution in [3.05, 3.63) is 76.9 Å². The molecule has 4 rings (SSSR count). The van der Waals surface area contributed by atoms with Crippen LogP contribution >= 0.6 is 11.6 Å². The van der Waals surface area contributed by atoms with Crippen molar-refractivity contribution >= 4 is 34.8 Å². The topological polar surface area (TPSA) is 85.3 Å². The van der Waals surface area contributed by atoms with Crippen LogP contribution < -0.4 is 11.1 Å². The maximum Gasteiger partial charge on any atom is 0.240 e. The average Bonchev–Trinajstić information content (AvgIpc) is 3.04. The molecule has 3 N–H and O–H groups in total. The van der Waals surface area contributed by atoms with Gasteiger partial charge in [0.25, 0.3) is 0 Å². The Kier molecular flexibility index (Phi) is 4.71. The van der Waals surface area contributed by atoms with E-state index in [1.165, 1.54) is 0 Å². The van der Waals surface area contributed by atoms with E-state index in [0.717, 1.165) is 27.9 Å². The number of nitrogens with one attached hydrogen (secondary N) is 1. The molecule has 2 aromatic carbocycles. The summed E-state index contributed by atoms with van der Waals surface area (Å²) in [5.41, 5.74) is 11.0. The molecule has 2 aromatic heterocycles. The Morgan fingerprint density at radius 1 is 1.11 bits per heavy atom. The van der Waals surface area contributed by atoms with Gasteiger partial charge in [-0.15, -0.1) is 5.10 Å². The highest BCUT2D eigenvalue weighted by molar-refractivity contribution is 6.31. The number of benzene rings is 2. The fourth-order valence-electron chi connectivity index (χ4n) is 3.01. The van der Waals surface area contributed by atoms with E-state index in [1.807, 2.05) is 55.6 Å². The van der Waals surface area contributed by atoms with Crippen molar-refractivity contribution in [2.75, 3.05) is 11.1 Å². The zero-order chi connectivity index (χ0) is 19.7. The van der Waals surface area contributed by atoms with Gasteiger partial charge in [-0.3, -0.25) is 4.79 Å². The lowest BCUT2D eigenvalue weighted by Gasteiger charge is -2.08. The molecule has 0 aliphatic heterocycles. The van der Waals surface area contributed by atoms with Crippen LogP contribution in [0.5, 0.6) is 0 Å². The maximum absolute atomic E-state index is 12.3. The first-order chi connectivity index (χ1) is 13.5. The monoisotopic (exact) mass is 391 g/mol.